The Bertz CT molecular complexity index is 796. The molecule has 0 bridgehead atoms. The molecule has 6 heteroatoms. The van der Waals surface area contributed by atoms with Crippen molar-refractivity contribution in [3.8, 4) is 11.5 Å². The van der Waals surface area contributed by atoms with Crippen molar-refractivity contribution in [1.29, 1.82) is 0 Å². The number of oxazole rings is 1. The van der Waals surface area contributed by atoms with Crippen LogP contribution in [0.15, 0.2) is 45.5 Å². The van der Waals surface area contributed by atoms with Crippen molar-refractivity contribution in [2.45, 2.75) is 32.2 Å². The van der Waals surface area contributed by atoms with E-state index in [1.54, 1.807) is 6.26 Å². The number of piperidine rings is 1. The van der Waals surface area contributed by atoms with Crippen LogP contribution in [-0.4, -0.2) is 33.1 Å². The van der Waals surface area contributed by atoms with Crippen LogP contribution in [0.3, 0.4) is 0 Å². The highest BCUT2D eigenvalue weighted by Crippen LogP contribution is 2.26. The Morgan fingerprint density at radius 3 is 2.88 bits per heavy atom. The van der Waals surface area contributed by atoms with Crippen molar-refractivity contribution in [3.05, 3.63) is 54.0 Å². The van der Waals surface area contributed by atoms with Gasteiger partial charge in [-0.25, -0.2) is 4.98 Å². The smallest absolute Gasteiger partial charge is 0.226 e. The van der Waals surface area contributed by atoms with E-state index in [0.29, 0.717) is 17.7 Å². The summed E-state index contributed by atoms with van der Waals surface area (Å²) in [6.45, 7) is 4.59. The van der Waals surface area contributed by atoms with E-state index in [-0.39, 0.29) is 0 Å². The fourth-order valence-electron chi connectivity index (χ4n) is 3.21. The molecule has 0 aliphatic carbocycles. The Balaban J connectivity index is 1.43. The second kappa shape index (κ2) is 6.57. The Morgan fingerprint density at radius 2 is 2.08 bits per heavy atom. The number of aromatic nitrogens is 3. The number of aryl methyl sites for hydroxylation is 1. The normalized spacial score (nSPS) is 18.8. The number of hydrogen-bond acceptors (Lipinski definition) is 6. The summed E-state index contributed by atoms with van der Waals surface area (Å²) in [4.78, 5) is 11.4. The third kappa shape index (κ3) is 3.23. The Labute approximate surface area is 140 Å². The molecule has 0 amide bonds. The Kier molecular flexibility index (Phi) is 4.13. The molecule has 1 atom stereocenters. The Morgan fingerprint density at radius 1 is 1.21 bits per heavy atom. The Hall–Kier alpha value is -2.47. The zero-order valence-electron chi connectivity index (χ0n) is 13.7. The van der Waals surface area contributed by atoms with Gasteiger partial charge in [0.1, 0.15) is 6.26 Å². The summed E-state index contributed by atoms with van der Waals surface area (Å²) in [6, 6.07) is 9.97. The zero-order valence-corrected chi connectivity index (χ0v) is 13.7. The van der Waals surface area contributed by atoms with Crippen molar-refractivity contribution in [1.82, 2.24) is 20.0 Å². The van der Waals surface area contributed by atoms with Gasteiger partial charge in [-0.05, 0) is 31.5 Å². The van der Waals surface area contributed by atoms with Crippen molar-refractivity contribution < 1.29 is 8.94 Å². The number of rotatable bonds is 4. The molecule has 1 aromatic carbocycles. The standard InChI is InChI=1S/C18H20N4O2/c1-13-19-17(21-24-13)15-8-5-9-22(10-15)11-16-12-23-18(20-16)14-6-3-2-4-7-14/h2-4,6-7,12,15H,5,8-11H2,1H3/t15-/m0/s1. The van der Waals surface area contributed by atoms with Crippen molar-refractivity contribution >= 4 is 0 Å². The summed E-state index contributed by atoms with van der Waals surface area (Å²) in [5.41, 5.74) is 1.96. The summed E-state index contributed by atoms with van der Waals surface area (Å²) in [6.07, 6.45) is 3.98. The van der Waals surface area contributed by atoms with E-state index in [1.807, 2.05) is 37.3 Å². The van der Waals surface area contributed by atoms with Crippen LogP contribution in [0.25, 0.3) is 11.5 Å². The third-order valence-electron chi connectivity index (χ3n) is 4.37. The molecule has 1 saturated heterocycles. The molecule has 124 valence electrons. The predicted molar refractivity (Wildman–Crippen MR) is 88.2 cm³/mol. The first kappa shape index (κ1) is 15.1. The zero-order chi connectivity index (χ0) is 16.4. The lowest BCUT2D eigenvalue weighted by Crippen LogP contribution is -2.34. The quantitative estimate of drug-likeness (QED) is 0.732. The van der Waals surface area contributed by atoms with Crippen molar-refractivity contribution in [3.63, 3.8) is 0 Å². The number of likely N-dealkylation sites (tertiary alicyclic amines) is 1. The lowest BCUT2D eigenvalue weighted by atomic mass is 9.97. The monoisotopic (exact) mass is 324 g/mol. The van der Waals surface area contributed by atoms with Gasteiger partial charge in [-0.3, -0.25) is 4.90 Å². The molecule has 3 heterocycles. The largest absolute Gasteiger partial charge is 0.444 e. The van der Waals surface area contributed by atoms with Gasteiger partial charge in [-0.2, -0.15) is 4.98 Å². The van der Waals surface area contributed by atoms with E-state index in [9.17, 15) is 0 Å². The first-order chi connectivity index (χ1) is 11.8. The van der Waals surface area contributed by atoms with Crippen molar-refractivity contribution in [2.75, 3.05) is 13.1 Å². The highest BCUT2D eigenvalue weighted by Gasteiger charge is 2.25. The van der Waals surface area contributed by atoms with Crippen LogP contribution < -0.4 is 0 Å². The van der Waals surface area contributed by atoms with Crippen LogP contribution in [0.2, 0.25) is 0 Å². The van der Waals surface area contributed by atoms with E-state index >= 15 is 0 Å². The van der Waals surface area contributed by atoms with Crippen LogP contribution in [-0.2, 0) is 6.54 Å². The van der Waals surface area contributed by atoms with Crippen LogP contribution >= 0.6 is 0 Å². The lowest BCUT2D eigenvalue weighted by molar-refractivity contribution is 0.192. The summed E-state index contributed by atoms with van der Waals surface area (Å²) < 4.78 is 10.7. The van der Waals surface area contributed by atoms with Gasteiger partial charge in [0.2, 0.25) is 11.8 Å². The van der Waals surface area contributed by atoms with E-state index in [1.165, 1.54) is 0 Å². The highest BCUT2D eigenvalue weighted by atomic mass is 16.5. The van der Waals surface area contributed by atoms with Crippen LogP contribution in [0, 0.1) is 6.92 Å². The molecule has 0 unspecified atom stereocenters. The molecule has 1 fully saturated rings. The van der Waals surface area contributed by atoms with Gasteiger partial charge in [-0.1, -0.05) is 23.4 Å². The molecule has 0 N–H and O–H groups in total. The molecule has 0 radical (unpaired) electrons. The first-order valence-electron chi connectivity index (χ1n) is 8.30. The minimum Gasteiger partial charge on any atom is -0.444 e. The molecule has 24 heavy (non-hydrogen) atoms. The summed E-state index contributed by atoms with van der Waals surface area (Å²) in [7, 11) is 0. The van der Waals surface area contributed by atoms with Gasteiger partial charge in [-0.15, -0.1) is 0 Å². The van der Waals surface area contributed by atoms with E-state index in [2.05, 4.69) is 20.0 Å². The molecule has 1 aliphatic rings. The summed E-state index contributed by atoms with van der Waals surface area (Å²) >= 11 is 0. The molecule has 4 rings (SSSR count). The molecule has 1 aliphatic heterocycles. The molecular formula is C18H20N4O2. The van der Waals surface area contributed by atoms with E-state index in [0.717, 1.165) is 49.6 Å². The van der Waals surface area contributed by atoms with E-state index < -0.39 is 0 Å². The lowest BCUT2D eigenvalue weighted by Gasteiger charge is -2.30. The second-order valence-electron chi connectivity index (χ2n) is 6.26. The number of hydrogen-bond donors (Lipinski definition) is 0. The van der Waals surface area contributed by atoms with Crippen molar-refractivity contribution in [2.24, 2.45) is 0 Å². The van der Waals surface area contributed by atoms with Gasteiger partial charge >= 0.3 is 0 Å². The maximum Gasteiger partial charge on any atom is 0.226 e. The second-order valence-corrected chi connectivity index (χ2v) is 6.26. The molecule has 3 aromatic rings. The molecule has 0 saturated carbocycles. The minimum atomic E-state index is 0.330. The van der Waals surface area contributed by atoms with Gasteiger partial charge in [0.05, 0.1) is 5.69 Å². The topological polar surface area (TPSA) is 68.2 Å². The number of benzene rings is 1. The summed E-state index contributed by atoms with van der Waals surface area (Å²) in [5, 5.41) is 4.08. The third-order valence-corrected chi connectivity index (χ3v) is 4.37. The summed E-state index contributed by atoms with van der Waals surface area (Å²) in [5.74, 6) is 2.46. The van der Waals surface area contributed by atoms with Gasteiger partial charge < -0.3 is 8.94 Å². The van der Waals surface area contributed by atoms with Crippen LogP contribution in [0.5, 0.6) is 0 Å². The highest BCUT2D eigenvalue weighted by molar-refractivity contribution is 5.52. The van der Waals surface area contributed by atoms with Gasteiger partial charge in [0, 0.05) is 31.5 Å². The van der Waals surface area contributed by atoms with Crippen LogP contribution in [0.1, 0.15) is 36.2 Å². The maximum absolute atomic E-state index is 5.63. The van der Waals surface area contributed by atoms with Gasteiger partial charge in [0.25, 0.3) is 0 Å². The maximum atomic E-state index is 5.63. The molecular weight excluding hydrogens is 304 g/mol. The predicted octanol–water partition coefficient (Wildman–Crippen LogP) is 3.41. The average molecular weight is 324 g/mol. The molecule has 2 aromatic heterocycles. The molecule has 0 spiro atoms. The fraction of sp³-hybridized carbons (Fsp3) is 0.389. The van der Waals surface area contributed by atoms with Gasteiger partial charge in [0.15, 0.2) is 5.82 Å². The first-order valence-corrected chi connectivity index (χ1v) is 8.30. The van der Waals surface area contributed by atoms with Crippen LogP contribution in [0.4, 0.5) is 0 Å². The SMILES string of the molecule is Cc1nc([C@H]2CCCN(Cc3coc(-c4ccccc4)n3)C2)no1. The van der Waals surface area contributed by atoms with E-state index in [4.69, 9.17) is 8.94 Å². The minimum absolute atomic E-state index is 0.330. The number of nitrogens with zero attached hydrogens (tertiary/aromatic N) is 4. The average Bonchev–Trinajstić information content (AvgIpc) is 3.25. The fourth-order valence-corrected chi connectivity index (χ4v) is 3.21. The molecule has 6 nitrogen and oxygen atoms in total.